The van der Waals surface area contributed by atoms with Gasteiger partial charge in [0.1, 0.15) is 38.4 Å². The maximum atomic E-state index is 13.0. The van der Waals surface area contributed by atoms with Crippen LogP contribution in [0.15, 0.2) is 88.6 Å². The molecule has 0 aromatic heterocycles. The highest BCUT2D eigenvalue weighted by Gasteiger charge is 2.27. The fourth-order valence-electron chi connectivity index (χ4n) is 4.83. The maximum absolute atomic E-state index is 13.0. The van der Waals surface area contributed by atoms with Crippen molar-refractivity contribution < 1.29 is 95.0 Å². The molecule has 0 aliphatic carbocycles. The Kier molecular flexibility index (Phi) is 16.5. The highest BCUT2D eigenvalue weighted by molar-refractivity contribution is 7.94. The van der Waals surface area contributed by atoms with E-state index in [1.807, 2.05) is 0 Å². The number of rotatable bonds is 22. The molecule has 4 rings (SSSR count). The molecule has 0 amide bonds. The number of ether oxygens (including phenoxy) is 2. The molecule has 60 heavy (non-hydrogen) atoms. The second-order valence-corrected chi connectivity index (χ2v) is 18.9. The second-order valence-electron chi connectivity index (χ2n) is 11.0. The number of nitrogen functional groups attached to an aromatic ring is 1. The highest BCUT2D eigenvalue weighted by atomic mass is 32.3. The van der Waals surface area contributed by atoms with E-state index < -0.39 is 108 Å². The summed E-state index contributed by atoms with van der Waals surface area (Å²) < 4.78 is 145. The van der Waals surface area contributed by atoms with Gasteiger partial charge in [0.15, 0.2) is 37.7 Å². The molecule has 0 bridgehead atoms. The largest absolute Gasteiger partial charge is 0.505 e. The Hall–Kier alpha value is -4.36. The van der Waals surface area contributed by atoms with E-state index in [2.05, 4.69) is 43.4 Å². The van der Waals surface area contributed by atoms with Crippen LogP contribution in [0, 0.1) is 0 Å². The summed E-state index contributed by atoms with van der Waals surface area (Å²) in [7, 11) is -16.3. The fourth-order valence-corrected chi connectivity index (χ4v) is 9.12. The molecule has 0 spiro atoms. The summed E-state index contributed by atoms with van der Waals surface area (Å²) in [6.07, 6.45) is 0. The van der Waals surface area contributed by atoms with Crippen LogP contribution in [0.5, 0.6) is 17.2 Å². The number of phenolic OH excluding ortho intramolecular Hbond substituents is 1. The quantitative estimate of drug-likeness (QED) is 0.0114. The summed E-state index contributed by atoms with van der Waals surface area (Å²) in [6, 6.07) is 8.69. The third-order valence-corrected chi connectivity index (χ3v) is 13.1. The Morgan fingerprint density at radius 1 is 0.733 bits per heavy atom. The van der Waals surface area contributed by atoms with Gasteiger partial charge in [0, 0.05) is 17.5 Å². The molecule has 7 N–H and O–H groups in total. The third kappa shape index (κ3) is 12.4. The fraction of sp³-hybridized carbons (Fsp3) is 0.214. The first kappa shape index (κ1) is 48.3. The molecule has 26 nitrogen and oxygen atoms in total. The van der Waals surface area contributed by atoms with Crippen LogP contribution in [0.25, 0.3) is 10.8 Å². The Morgan fingerprint density at radius 3 is 2.03 bits per heavy atom. The van der Waals surface area contributed by atoms with Gasteiger partial charge in [0.05, 0.1) is 77.5 Å². The molecule has 0 aliphatic heterocycles. The van der Waals surface area contributed by atoms with Crippen molar-refractivity contribution in [2.75, 3.05) is 44.7 Å². The van der Waals surface area contributed by atoms with E-state index in [9.17, 15) is 43.3 Å². The van der Waals surface area contributed by atoms with E-state index in [1.54, 1.807) is 0 Å². The van der Waals surface area contributed by atoms with Gasteiger partial charge in [-0.1, -0.05) is 16.1 Å². The molecule has 0 radical (unpaired) electrons. The molecule has 0 heterocycles. The van der Waals surface area contributed by atoms with E-state index in [0.717, 1.165) is 44.6 Å². The zero-order chi connectivity index (χ0) is 44.5. The zero-order valence-corrected chi connectivity index (χ0v) is 34.9. The lowest BCUT2D eigenvalue weighted by Gasteiger charge is -2.15. The number of phenols is 1. The Labute approximate surface area is 347 Å². The highest BCUT2D eigenvalue weighted by Crippen LogP contribution is 2.50. The number of azo groups is 2. The van der Waals surface area contributed by atoms with Crippen molar-refractivity contribution in [3.63, 3.8) is 0 Å². The summed E-state index contributed by atoms with van der Waals surface area (Å²) in [5.74, 6) is -3.04. The van der Waals surface area contributed by atoms with Crippen molar-refractivity contribution >= 4 is 104 Å². The summed E-state index contributed by atoms with van der Waals surface area (Å²) in [5.41, 5.74) is 4.49. The van der Waals surface area contributed by atoms with E-state index >= 15 is 0 Å². The van der Waals surface area contributed by atoms with Crippen LogP contribution >= 0.6 is 24.4 Å². The van der Waals surface area contributed by atoms with Crippen LogP contribution in [0.1, 0.15) is 0 Å². The molecule has 4 aromatic carbocycles. The topological polar surface area (TPSA) is 387 Å². The van der Waals surface area contributed by atoms with Gasteiger partial charge in [0.2, 0.25) is 0 Å². The number of benzene rings is 4. The van der Waals surface area contributed by atoms with Gasteiger partial charge in [-0.2, -0.15) is 21.9 Å². The molecule has 0 atom stereocenters. The number of aromatic hydroxyl groups is 1. The van der Waals surface area contributed by atoms with Gasteiger partial charge in [-0.05, 0) is 30.3 Å². The average molecular weight is 964 g/mol. The van der Waals surface area contributed by atoms with Crippen LogP contribution in [-0.4, -0.2) is 97.3 Å². The van der Waals surface area contributed by atoms with Crippen molar-refractivity contribution in [2.45, 2.75) is 19.6 Å². The first-order valence-corrected chi connectivity index (χ1v) is 23.0. The van der Waals surface area contributed by atoms with Crippen molar-refractivity contribution in [2.24, 2.45) is 20.5 Å². The predicted octanol–water partition coefficient (Wildman–Crippen LogP) is 5.02. The lowest BCUT2D eigenvalue weighted by atomic mass is 10.0. The first-order valence-electron chi connectivity index (χ1n) is 15.4. The number of nitrogens with two attached hydrogens (primary N) is 1. The van der Waals surface area contributed by atoms with E-state index in [0.29, 0.717) is 0 Å². The smallest absolute Gasteiger partial charge is 0.397 e. The van der Waals surface area contributed by atoms with Crippen molar-refractivity contribution in [3.8, 4) is 17.2 Å². The lowest BCUT2D eigenvalue weighted by Crippen LogP contribution is -2.16. The zero-order valence-electron chi connectivity index (χ0n) is 30.0. The third-order valence-electron chi connectivity index (χ3n) is 7.38. The molecule has 0 aliphatic rings. The van der Waals surface area contributed by atoms with Crippen LogP contribution in [0.2, 0.25) is 0 Å². The molecular formula is C28H29N5O21S6. The molecule has 4 aromatic rings. The number of fused-ring (bicyclic) bond motifs is 1. The van der Waals surface area contributed by atoms with Gasteiger partial charge >= 0.3 is 10.4 Å². The van der Waals surface area contributed by atoms with Crippen molar-refractivity contribution in [3.05, 3.63) is 48.5 Å². The van der Waals surface area contributed by atoms with Gasteiger partial charge < -0.3 is 20.3 Å². The van der Waals surface area contributed by atoms with Crippen molar-refractivity contribution in [1.29, 1.82) is 0 Å². The number of methoxy groups -OCH3 is 2. The summed E-state index contributed by atoms with van der Waals surface area (Å²) >= 11 is 0.351. The molecule has 32 heteroatoms. The predicted molar refractivity (Wildman–Crippen MR) is 205 cm³/mol. The van der Waals surface area contributed by atoms with Gasteiger partial charge in [-0.3, -0.25) is 13.3 Å². The first-order chi connectivity index (χ1) is 28.2. The number of anilines is 1. The average Bonchev–Trinajstić information content (AvgIpc) is 3.17. The number of sulfone groups is 2. The van der Waals surface area contributed by atoms with Crippen LogP contribution in [-0.2, 0) is 67.3 Å². The maximum Gasteiger partial charge on any atom is 0.397 e. The van der Waals surface area contributed by atoms with E-state index in [4.69, 9.17) is 34.5 Å². The number of hydrogen-bond acceptors (Lipinski definition) is 26. The molecular weight excluding hydrogens is 935 g/mol. The summed E-state index contributed by atoms with van der Waals surface area (Å²) in [4.78, 5) is -1.97. The lowest BCUT2D eigenvalue weighted by molar-refractivity contribution is -0.434. The SMILES string of the molecule is COc1cc(S(=O)(=O)CCOS(=O)(=O)O)c(OC)cc1N=Nc1cc(S(=O)(=O)O)c2cc(SOOO)c(N=Nc3cccc(S(=O)(=O)CCOSOOO)c3)c(O)c2c1N. The standard InChI is InChI=1S/C28H29N5O21S6/c1-47-20-14-24(58(39,40)9-7-50-60(44,45)46)21(48-2)12-18(20)31-32-19-13-23(59(41,42)43)17-11-22(55-53-51-35)27(28(34)25(17)26(19)29)33-30-15-4-3-5-16(10-15)57(37,38)8-6-49-56-54-52-36/h3-5,10-14,34-36H,6-9,29H2,1-2H3,(H,41,42,43)(H,44,45,46). The minimum Gasteiger partial charge on any atom is -0.505 e. The molecule has 0 saturated carbocycles. The van der Waals surface area contributed by atoms with Crippen LogP contribution in [0.3, 0.4) is 0 Å². The van der Waals surface area contributed by atoms with Gasteiger partial charge in [0.25, 0.3) is 10.1 Å². The Morgan fingerprint density at radius 2 is 1.40 bits per heavy atom. The monoisotopic (exact) mass is 963 g/mol. The molecule has 328 valence electrons. The summed E-state index contributed by atoms with van der Waals surface area (Å²) in [5, 5.41) is 50.3. The van der Waals surface area contributed by atoms with Crippen molar-refractivity contribution in [1.82, 2.24) is 0 Å². The Balaban J connectivity index is 1.84. The van der Waals surface area contributed by atoms with Gasteiger partial charge in [-0.25, -0.2) is 31.5 Å². The summed E-state index contributed by atoms with van der Waals surface area (Å²) in [6.45, 7) is -1.36. The molecule has 0 saturated heterocycles. The number of hydrogen-bond donors (Lipinski definition) is 6. The van der Waals surface area contributed by atoms with E-state index in [1.165, 1.54) is 18.2 Å². The van der Waals surface area contributed by atoms with Crippen LogP contribution in [0.4, 0.5) is 28.4 Å². The molecule has 0 unspecified atom stereocenters. The second kappa shape index (κ2) is 20.5. The van der Waals surface area contributed by atoms with E-state index in [-0.39, 0.29) is 57.0 Å². The van der Waals surface area contributed by atoms with Crippen LogP contribution < -0.4 is 15.2 Å². The minimum atomic E-state index is -5.19. The molecule has 0 fully saturated rings. The van der Waals surface area contributed by atoms with Gasteiger partial charge in [-0.15, -0.1) is 24.0 Å². The number of nitrogens with zero attached hydrogens (tertiary/aromatic N) is 4. The minimum absolute atomic E-state index is 0.0954. The Bertz CT molecular complexity index is 2740. The normalized spacial score (nSPS) is 12.8.